The zero-order valence-electron chi connectivity index (χ0n) is 12.5. The average Bonchev–Trinajstić information content (AvgIpc) is 2.78. The smallest absolute Gasteiger partial charge is 0.341 e. The van der Waals surface area contributed by atoms with Crippen molar-refractivity contribution in [3.8, 4) is 17.3 Å². The molecule has 6 nitrogen and oxygen atoms in total. The monoisotopic (exact) mass is 300 g/mol. The Hall–Kier alpha value is -2.63. The molecule has 1 aliphatic heterocycles. The summed E-state index contributed by atoms with van der Waals surface area (Å²) < 4.78 is 6.98. The molecule has 3 heterocycles. The van der Waals surface area contributed by atoms with Gasteiger partial charge in [-0.3, -0.25) is 4.79 Å². The van der Waals surface area contributed by atoms with Crippen LogP contribution in [0.3, 0.4) is 0 Å². The van der Waals surface area contributed by atoms with Crippen LogP contribution in [0, 0.1) is 5.92 Å². The van der Waals surface area contributed by atoms with E-state index in [0.29, 0.717) is 17.3 Å². The van der Waals surface area contributed by atoms with Gasteiger partial charge >= 0.3 is 5.97 Å². The number of carboxylic acid groups (broad SMARTS) is 1. The molecule has 0 fully saturated rings. The molecule has 1 N–H and O–H groups in total. The summed E-state index contributed by atoms with van der Waals surface area (Å²) in [5, 5.41) is 9.17. The van der Waals surface area contributed by atoms with Crippen molar-refractivity contribution in [3.05, 3.63) is 45.7 Å². The molecule has 0 aliphatic carbocycles. The fourth-order valence-electron chi connectivity index (χ4n) is 2.97. The van der Waals surface area contributed by atoms with Gasteiger partial charge in [-0.2, -0.15) is 0 Å². The Morgan fingerprint density at radius 2 is 2.14 bits per heavy atom. The lowest BCUT2D eigenvalue weighted by Crippen LogP contribution is -2.20. The van der Waals surface area contributed by atoms with E-state index in [4.69, 9.17) is 4.74 Å². The number of pyridine rings is 2. The Labute approximate surface area is 127 Å². The van der Waals surface area contributed by atoms with Crippen molar-refractivity contribution in [2.75, 3.05) is 7.11 Å². The van der Waals surface area contributed by atoms with Crippen molar-refractivity contribution >= 4 is 5.97 Å². The molecule has 0 saturated carbocycles. The van der Waals surface area contributed by atoms with Crippen LogP contribution in [0.5, 0.6) is 5.88 Å². The summed E-state index contributed by atoms with van der Waals surface area (Å²) in [6.45, 7) is 4.10. The molecule has 0 bridgehead atoms. The number of hydrogen-bond acceptors (Lipinski definition) is 4. The van der Waals surface area contributed by atoms with Crippen molar-refractivity contribution in [1.29, 1.82) is 0 Å². The second kappa shape index (κ2) is 4.98. The summed E-state index contributed by atoms with van der Waals surface area (Å²) >= 11 is 0. The number of fused-ring (bicyclic) bond motifs is 3. The molecule has 1 atom stereocenters. The zero-order chi connectivity index (χ0) is 16.0. The number of nitrogens with zero attached hydrogens (tertiary/aromatic N) is 2. The van der Waals surface area contributed by atoms with Gasteiger partial charge in [0.25, 0.3) is 0 Å². The van der Waals surface area contributed by atoms with Gasteiger partial charge in [0.05, 0.1) is 24.5 Å². The number of carbonyl (C=O) groups is 1. The SMILES string of the molecule is COc1ccc2c(n1)-c1cc(=O)c(C(=O)O)cn1C2C(C)C. The van der Waals surface area contributed by atoms with Crippen molar-refractivity contribution in [2.45, 2.75) is 19.9 Å². The van der Waals surface area contributed by atoms with E-state index in [-0.39, 0.29) is 17.5 Å². The summed E-state index contributed by atoms with van der Waals surface area (Å²) in [5.74, 6) is -0.534. The highest BCUT2D eigenvalue weighted by molar-refractivity contribution is 5.87. The first-order valence-electron chi connectivity index (χ1n) is 6.98. The molecular formula is C16H16N2O4. The maximum atomic E-state index is 12.0. The van der Waals surface area contributed by atoms with Gasteiger partial charge in [-0.25, -0.2) is 9.78 Å². The highest BCUT2D eigenvalue weighted by atomic mass is 16.5. The van der Waals surface area contributed by atoms with E-state index in [9.17, 15) is 14.7 Å². The third-order valence-electron chi connectivity index (χ3n) is 3.91. The summed E-state index contributed by atoms with van der Waals surface area (Å²) in [7, 11) is 1.53. The third kappa shape index (κ3) is 1.99. The van der Waals surface area contributed by atoms with Crippen LogP contribution in [0.4, 0.5) is 0 Å². The second-order valence-corrected chi connectivity index (χ2v) is 5.63. The molecule has 3 rings (SSSR count). The lowest BCUT2D eigenvalue weighted by Gasteiger charge is -2.20. The normalized spacial score (nSPS) is 15.5. The van der Waals surface area contributed by atoms with Crippen LogP contribution >= 0.6 is 0 Å². The Kier molecular flexibility index (Phi) is 3.24. The zero-order valence-corrected chi connectivity index (χ0v) is 12.5. The number of methoxy groups -OCH3 is 1. The predicted molar refractivity (Wildman–Crippen MR) is 80.4 cm³/mol. The van der Waals surface area contributed by atoms with E-state index >= 15 is 0 Å². The van der Waals surface area contributed by atoms with E-state index in [1.54, 1.807) is 6.07 Å². The van der Waals surface area contributed by atoms with Crippen LogP contribution in [-0.4, -0.2) is 27.7 Å². The highest BCUT2D eigenvalue weighted by Gasteiger charge is 2.32. The predicted octanol–water partition coefficient (Wildman–Crippen LogP) is 2.18. The van der Waals surface area contributed by atoms with Gasteiger partial charge in [0.15, 0.2) is 5.43 Å². The highest BCUT2D eigenvalue weighted by Crippen LogP contribution is 2.42. The molecule has 0 amide bonds. The molecule has 22 heavy (non-hydrogen) atoms. The van der Waals surface area contributed by atoms with E-state index in [1.807, 2.05) is 24.5 Å². The Bertz CT molecular complexity index is 823. The van der Waals surface area contributed by atoms with Crippen LogP contribution in [-0.2, 0) is 0 Å². The minimum atomic E-state index is -1.22. The Morgan fingerprint density at radius 1 is 1.41 bits per heavy atom. The molecule has 0 saturated heterocycles. The minimum Gasteiger partial charge on any atom is -0.481 e. The maximum Gasteiger partial charge on any atom is 0.341 e. The quantitative estimate of drug-likeness (QED) is 0.939. The molecule has 6 heteroatoms. The molecular weight excluding hydrogens is 284 g/mol. The van der Waals surface area contributed by atoms with Gasteiger partial charge < -0.3 is 14.4 Å². The summed E-state index contributed by atoms with van der Waals surface area (Å²) in [5.41, 5.74) is 1.53. The van der Waals surface area contributed by atoms with E-state index in [2.05, 4.69) is 4.98 Å². The van der Waals surface area contributed by atoms with Crippen LogP contribution in [0.15, 0.2) is 29.2 Å². The number of rotatable bonds is 3. The molecule has 0 radical (unpaired) electrons. The summed E-state index contributed by atoms with van der Waals surface area (Å²) in [4.78, 5) is 27.7. The van der Waals surface area contributed by atoms with Crippen LogP contribution in [0.25, 0.3) is 11.4 Å². The number of aromatic nitrogens is 2. The Balaban J connectivity index is 2.31. The van der Waals surface area contributed by atoms with Gasteiger partial charge in [-0.15, -0.1) is 0 Å². The van der Waals surface area contributed by atoms with E-state index in [1.165, 1.54) is 19.4 Å². The molecule has 0 aromatic carbocycles. The molecule has 0 spiro atoms. The van der Waals surface area contributed by atoms with Crippen molar-refractivity contribution in [3.63, 3.8) is 0 Å². The molecule has 2 aromatic rings. The number of aromatic carboxylic acids is 1. The minimum absolute atomic E-state index is 0.0536. The second-order valence-electron chi connectivity index (χ2n) is 5.63. The van der Waals surface area contributed by atoms with Crippen LogP contribution < -0.4 is 10.2 Å². The van der Waals surface area contributed by atoms with Gasteiger partial charge in [0.2, 0.25) is 5.88 Å². The summed E-state index contributed by atoms with van der Waals surface area (Å²) in [6.07, 6.45) is 1.42. The summed E-state index contributed by atoms with van der Waals surface area (Å²) in [6, 6.07) is 4.99. The van der Waals surface area contributed by atoms with E-state index < -0.39 is 11.4 Å². The van der Waals surface area contributed by atoms with E-state index in [0.717, 1.165) is 5.56 Å². The molecule has 1 unspecified atom stereocenters. The third-order valence-corrected chi connectivity index (χ3v) is 3.91. The Morgan fingerprint density at radius 3 is 2.73 bits per heavy atom. The number of ether oxygens (including phenoxy) is 1. The largest absolute Gasteiger partial charge is 0.481 e. The number of carboxylic acids is 1. The average molecular weight is 300 g/mol. The first kappa shape index (κ1) is 14.3. The van der Waals surface area contributed by atoms with Crippen molar-refractivity contribution in [1.82, 2.24) is 9.55 Å². The molecule has 114 valence electrons. The molecule has 1 aliphatic rings. The molecule has 2 aromatic heterocycles. The standard InChI is InChI=1S/C16H16N2O4/c1-8(2)15-9-4-5-13(22-3)17-14(9)11-6-12(19)10(16(20)21)7-18(11)15/h4-8,15H,1-3H3,(H,20,21). The maximum absolute atomic E-state index is 12.0. The van der Waals surface area contributed by atoms with Gasteiger partial charge in [-0.05, 0) is 12.0 Å². The van der Waals surface area contributed by atoms with Gasteiger partial charge in [0.1, 0.15) is 5.56 Å². The fourth-order valence-corrected chi connectivity index (χ4v) is 2.97. The van der Waals surface area contributed by atoms with Crippen molar-refractivity contribution < 1.29 is 14.6 Å². The first-order chi connectivity index (χ1) is 10.4. The number of hydrogen-bond donors (Lipinski definition) is 1. The van der Waals surface area contributed by atoms with Crippen molar-refractivity contribution in [2.24, 2.45) is 5.92 Å². The topological polar surface area (TPSA) is 81.4 Å². The van der Waals surface area contributed by atoms with Gasteiger partial charge in [-0.1, -0.05) is 13.8 Å². The lowest BCUT2D eigenvalue weighted by molar-refractivity contribution is 0.0694. The van der Waals surface area contributed by atoms with Crippen LogP contribution in [0.2, 0.25) is 0 Å². The van der Waals surface area contributed by atoms with Gasteiger partial charge in [0, 0.05) is 23.9 Å². The lowest BCUT2D eigenvalue weighted by atomic mass is 9.97. The fraction of sp³-hybridized carbons (Fsp3) is 0.312. The van der Waals surface area contributed by atoms with Crippen LogP contribution in [0.1, 0.15) is 35.8 Å². The first-order valence-corrected chi connectivity index (χ1v) is 6.98.